The normalized spacial score (nSPS) is 12.2. The summed E-state index contributed by atoms with van der Waals surface area (Å²) in [6.45, 7) is 6.36. The first kappa shape index (κ1) is 8.30. The van der Waals surface area contributed by atoms with Gasteiger partial charge < -0.3 is 0 Å². The van der Waals surface area contributed by atoms with Gasteiger partial charge in [0.25, 0.3) is 0 Å². The maximum absolute atomic E-state index is 5.65. The summed E-state index contributed by atoms with van der Waals surface area (Å²) < 4.78 is 7.54. The molecule has 0 saturated heterocycles. The number of fused-ring (bicyclic) bond motifs is 1. The van der Waals surface area contributed by atoms with Crippen molar-refractivity contribution in [3.05, 3.63) is 30.5 Å². The van der Waals surface area contributed by atoms with E-state index in [0.717, 1.165) is 11.0 Å². The van der Waals surface area contributed by atoms with Gasteiger partial charge in [-0.2, -0.15) is 0 Å². The van der Waals surface area contributed by atoms with Crippen LogP contribution >= 0.6 is 0 Å². The van der Waals surface area contributed by atoms with E-state index < -0.39 is 0 Å². The molecule has 1 heterocycles. The van der Waals surface area contributed by atoms with Gasteiger partial charge in [-0.15, -0.1) is 0 Å². The average Bonchev–Trinajstić information content (AvgIpc) is 2.45. The van der Waals surface area contributed by atoms with Crippen LogP contribution in [0.5, 0.6) is 0 Å². The molecule has 0 fully saturated rings. The lowest BCUT2D eigenvalue weighted by Crippen LogP contribution is -2.48. The molecule has 0 spiro atoms. The standard InChI is InChI=1S/C11H14NO/c1-11(2,3)12-8-9-6-4-5-7-10(9)13-12/h4-8H,1-3H3/q+1. The molecule has 1 aromatic carbocycles. The van der Waals surface area contributed by atoms with Crippen LogP contribution < -0.4 is 4.74 Å². The minimum Gasteiger partial charge on any atom is -0.236 e. The summed E-state index contributed by atoms with van der Waals surface area (Å²) in [5.74, 6) is 0. The van der Waals surface area contributed by atoms with Gasteiger partial charge in [0.15, 0.2) is 0 Å². The van der Waals surface area contributed by atoms with Gasteiger partial charge in [-0.1, -0.05) is 12.1 Å². The van der Waals surface area contributed by atoms with Crippen molar-refractivity contribution in [3.8, 4) is 0 Å². The van der Waals surface area contributed by atoms with Crippen LogP contribution in [0.2, 0.25) is 0 Å². The van der Waals surface area contributed by atoms with Crippen LogP contribution in [0.3, 0.4) is 0 Å². The highest BCUT2D eigenvalue weighted by Gasteiger charge is 2.26. The quantitative estimate of drug-likeness (QED) is 0.563. The largest absolute Gasteiger partial charge is 0.236 e. The molecule has 0 saturated carbocycles. The minimum absolute atomic E-state index is 0.0129. The van der Waals surface area contributed by atoms with Crippen LogP contribution in [-0.4, -0.2) is 0 Å². The molecular formula is C11H14NO+. The van der Waals surface area contributed by atoms with Crippen molar-refractivity contribution in [2.75, 3.05) is 0 Å². The van der Waals surface area contributed by atoms with Gasteiger partial charge in [0.2, 0.25) is 17.3 Å². The molecule has 0 aliphatic heterocycles. The van der Waals surface area contributed by atoms with Gasteiger partial charge >= 0.3 is 0 Å². The molecular weight excluding hydrogens is 162 g/mol. The molecule has 1 aromatic heterocycles. The SMILES string of the molecule is CC(C)(C)[n+]1cc2ccccc2o1. The van der Waals surface area contributed by atoms with Gasteiger partial charge in [0, 0.05) is 20.8 Å². The number of aromatic nitrogens is 1. The highest BCUT2D eigenvalue weighted by molar-refractivity contribution is 5.74. The van der Waals surface area contributed by atoms with Crippen molar-refractivity contribution < 1.29 is 9.26 Å². The van der Waals surface area contributed by atoms with Gasteiger partial charge in [-0.25, -0.2) is 4.52 Å². The molecule has 2 aromatic rings. The predicted molar refractivity (Wildman–Crippen MR) is 51.4 cm³/mol. The van der Waals surface area contributed by atoms with Crippen LogP contribution in [0.15, 0.2) is 35.0 Å². The Hall–Kier alpha value is -1.31. The Kier molecular flexibility index (Phi) is 1.65. The second-order valence-electron chi connectivity index (χ2n) is 4.25. The molecule has 13 heavy (non-hydrogen) atoms. The van der Waals surface area contributed by atoms with Gasteiger partial charge in [-0.3, -0.25) is 0 Å². The fourth-order valence-electron chi connectivity index (χ4n) is 1.26. The fraction of sp³-hybridized carbons (Fsp3) is 0.364. The Morgan fingerprint density at radius 3 is 2.46 bits per heavy atom. The molecule has 2 rings (SSSR count). The minimum atomic E-state index is 0.0129. The number of hydrogen-bond acceptors (Lipinski definition) is 1. The zero-order valence-electron chi connectivity index (χ0n) is 8.24. The third-order valence-corrected chi connectivity index (χ3v) is 2.03. The van der Waals surface area contributed by atoms with Crippen LogP contribution in [0.25, 0.3) is 11.0 Å². The van der Waals surface area contributed by atoms with Crippen LogP contribution in [0.4, 0.5) is 0 Å². The maximum Gasteiger partial charge on any atom is 0.228 e. The number of rotatable bonds is 0. The number of benzene rings is 1. The van der Waals surface area contributed by atoms with Crippen molar-refractivity contribution >= 4 is 11.0 Å². The summed E-state index contributed by atoms with van der Waals surface area (Å²) in [6, 6.07) is 8.04. The highest BCUT2D eigenvalue weighted by atomic mass is 16.5. The summed E-state index contributed by atoms with van der Waals surface area (Å²) in [5, 5.41) is 1.15. The van der Waals surface area contributed by atoms with Crippen LogP contribution in [0.1, 0.15) is 20.8 Å². The van der Waals surface area contributed by atoms with Gasteiger partial charge in [0.05, 0.1) is 5.39 Å². The average molecular weight is 176 g/mol. The maximum atomic E-state index is 5.65. The molecule has 68 valence electrons. The summed E-state index contributed by atoms with van der Waals surface area (Å²) >= 11 is 0. The van der Waals surface area contributed by atoms with E-state index in [-0.39, 0.29) is 5.54 Å². The van der Waals surface area contributed by atoms with Crippen molar-refractivity contribution in [2.45, 2.75) is 26.3 Å². The first-order chi connectivity index (χ1) is 6.07. The number of nitrogens with zero attached hydrogens (tertiary/aromatic N) is 1. The Morgan fingerprint density at radius 2 is 1.85 bits per heavy atom. The van der Waals surface area contributed by atoms with E-state index in [0.29, 0.717) is 0 Å². The van der Waals surface area contributed by atoms with Crippen LogP contribution in [0, 0.1) is 0 Å². The molecule has 0 amide bonds. The van der Waals surface area contributed by atoms with Gasteiger partial charge in [-0.05, 0) is 16.9 Å². The monoisotopic (exact) mass is 176 g/mol. The van der Waals surface area contributed by atoms with E-state index in [1.807, 2.05) is 29.1 Å². The lowest BCUT2D eigenvalue weighted by molar-refractivity contribution is -0.903. The molecule has 0 aliphatic rings. The van der Waals surface area contributed by atoms with Crippen LogP contribution in [-0.2, 0) is 5.54 Å². The summed E-state index contributed by atoms with van der Waals surface area (Å²) in [4.78, 5) is 0. The highest BCUT2D eigenvalue weighted by Crippen LogP contribution is 2.14. The second-order valence-corrected chi connectivity index (χ2v) is 4.25. The Bertz CT molecular complexity index is 390. The summed E-state index contributed by atoms with van der Waals surface area (Å²) in [7, 11) is 0. The second kappa shape index (κ2) is 2.59. The topological polar surface area (TPSA) is 17.0 Å². The van der Waals surface area contributed by atoms with E-state index in [2.05, 4.69) is 26.8 Å². The molecule has 0 aliphatic carbocycles. The first-order valence-corrected chi connectivity index (χ1v) is 4.48. The summed E-state index contributed by atoms with van der Waals surface area (Å²) in [5.41, 5.74) is 0.955. The van der Waals surface area contributed by atoms with E-state index >= 15 is 0 Å². The van der Waals surface area contributed by atoms with Crippen molar-refractivity contribution in [1.29, 1.82) is 0 Å². The Labute approximate surface area is 77.7 Å². The van der Waals surface area contributed by atoms with E-state index in [4.69, 9.17) is 4.52 Å². The third kappa shape index (κ3) is 1.44. The zero-order chi connectivity index (χ0) is 9.47. The number of hydrogen-bond donors (Lipinski definition) is 0. The van der Waals surface area contributed by atoms with E-state index in [1.165, 1.54) is 0 Å². The van der Waals surface area contributed by atoms with Crippen molar-refractivity contribution in [2.24, 2.45) is 0 Å². The molecule has 2 nitrogen and oxygen atoms in total. The summed E-state index contributed by atoms with van der Waals surface area (Å²) in [6.07, 6.45) is 2.04. The number of para-hydroxylation sites is 1. The predicted octanol–water partition coefficient (Wildman–Crippen LogP) is 2.48. The molecule has 0 unspecified atom stereocenters. The zero-order valence-corrected chi connectivity index (χ0v) is 8.24. The molecule has 2 heteroatoms. The molecule has 0 bridgehead atoms. The molecule has 0 radical (unpaired) electrons. The molecule has 0 atom stereocenters. The Morgan fingerprint density at radius 1 is 1.15 bits per heavy atom. The first-order valence-electron chi connectivity index (χ1n) is 4.48. The fourth-order valence-corrected chi connectivity index (χ4v) is 1.26. The lowest BCUT2D eigenvalue weighted by atomic mass is 10.1. The van der Waals surface area contributed by atoms with Gasteiger partial charge in [0.1, 0.15) is 0 Å². The van der Waals surface area contributed by atoms with Crippen molar-refractivity contribution in [3.63, 3.8) is 0 Å². The third-order valence-electron chi connectivity index (χ3n) is 2.03. The smallest absolute Gasteiger partial charge is 0.228 e. The lowest BCUT2D eigenvalue weighted by Gasteiger charge is -2.04. The van der Waals surface area contributed by atoms with Crippen molar-refractivity contribution in [1.82, 2.24) is 0 Å². The van der Waals surface area contributed by atoms with E-state index in [1.54, 1.807) is 0 Å². The molecule has 0 N–H and O–H groups in total. The van der Waals surface area contributed by atoms with E-state index in [9.17, 15) is 0 Å². The Balaban J connectivity index is 2.63.